The third kappa shape index (κ3) is 3.27. The Morgan fingerprint density at radius 3 is 3.00 bits per heavy atom. The number of hydrogen-bond donors (Lipinski definition) is 1. The van der Waals surface area contributed by atoms with Crippen molar-refractivity contribution in [3.05, 3.63) is 35.8 Å². The summed E-state index contributed by atoms with van der Waals surface area (Å²) in [7, 11) is 0. The zero-order chi connectivity index (χ0) is 17.1. The van der Waals surface area contributed by atoms with Crippen molar-refractivity contribution in [1.29, 1.82) is 0 Å². The summed E-state index contributed by atoms with van der Waals surface area (Å²) in [5.41, 5.74) is 1.47. The summed E-state index contributed by atoms with van der Waals surface area (Å²) in [5, 5.41) is 0.828. The van der Waals surface area contributed by atoms with Crippen LogP contribution in [0.3, 0.4) is 0 Å². The van der Waals surface area contributed by atoms with E-state index in [1.54, 1.807) is 24.1 Å². The molecule has 1 atom stereocenters. The molecule has 1 aromatic carbocycles. The van der Waals surface area contributed by atoms with Gasteiger partial charge in [0, 0.05) is 23.6 Å². The van der Waals surface area contributed by atoms with Crippen LogP contribution in [0.4, 0.5) is 4.39 Å². The number of aromatic nitrogens is 1. The number of aromatic amines is 1. The lowest BCUT2D eigenvalue weighted by Crippen LogP contribution is -2.49. The van der Waals surface area contributed by atoms with E-state index in [-0.39, 0.29) is 24.1 Å². The highest BCUT2D eigenvalue weighted by Gasteiger charge is 2.33. The first-order valence-corrected chi connectivity index (χ1v) is 8.31. The molecule has 1 aromatic heterocycles. The molecule has 1 amide bonds. The van der Waals surface area contributed by atoms with Gasteiger partial charge in [0.05, 0.1) is 13.0 Å². The molecule has 1 saturated heterocycles. The van der Waals surface area contributed by atoms with E-state index >= 15 is 0 Å². The highest BCUT2D eigenvalue weighted by Crippen LogP contribution is 2.23. The molecule has 1 fully saturated rings. The maximum Gasteiger partial charge on any atom is 0.328 e. The molecule has 0 radical (unpaired) electrons. The van der Waals surface area contributed by atoms with E-state index < -0.39 is 6.04 Å². The number of nitrogens with zero attached hydrogens (tertiary/aromatic N) is 1. The Morgan fingerprint density at radius 1 is 1.38 bits per heavy atom. The maximum atomic E-state index is 13.3. The Hall–Kier alpha value is -2.37. The molecule has 0 unspecified atom stereocenters. The largest absolute Gasteiger partial charge is 0.464 e. The molecule has 6 heteroatoms. The van der Waals surface area contributed by atoms with E-state index in [1.165, 1.54) is 12.1 Å². The smallest absolute Gasteiger partial charge is 0.328 e. The first-order valence-electron chi connectivity index (χ1n) is 8.31. The summed E-state index contributed by atoms with van der Waals surface area (Å²) in [5.74, 6) is -0.745. The van der Waals surface area contributed by atoms with Crippen LogP contribution in [0.2, 0.25) is 0 Å². The number of ether oxygens (including phenoxy) is 1. The molecular formula is C18H21FN2O3. The fourth-order valence-electron chi connectivity index (χ4n) is 3.28. The van der Waals surface area contributed by atoms with Gasteiger partial charge < -0.3 is 14.6 Å². The number of carbonyl (C=O) groups is 2. The number of fused-ring (bicyclic) bond motifs is 1. The summed E-state index contributed by atoms with van der Waals surface area (Å²) in [6.07, 6.45) is 4.36. The number of esters is 1. The normalized spacial score (nSPS) is 17.9. The zero-order valence-corrected chi connectivity index (χ0v) is 13.7. The molecule has 24 heavy (non-hydrogen) atoms. The summed E-state index contributed by atoms with van der Waals surface area (Å²) in [6.45, 7) is 2.64. The molecule has 2 aromatic rings. The number of hydrogen-bond acceptors (Lipinski definition) is 3. The average Bonchev–Trinajstić information content (AvgIpc) is 2.97. The summed E-state index contributed by atoms with van der Waals surface area (Å²) in [6, 6.07) is 3.97. The van der Waals surface area contributed by atoms with Crippen molar-refractivity contribution in [2.24, 2.45) is 0 Å². The Kier molecular flexibility index (Phi) is 4.83. The van der Waals surface area contributed by atoms with Crippen molar-refractivity contribution in [3.63, 3.8) is 0 Å². The molecule has 0 bridgehead atoms. The topological polar surface area (TPSA) is 62.4 Å². The molecule has 2 heterocycles. The number of benzene rings is 1. The van der Waals surface area contributed by atoms with Crippen molar-refractivity contribution >= 4 is 22.8 Å². The minimum absolute atomic E-state index is 0.0991. The van der Waals surface area contributed by atoms with E-state index in [0.29, 0.717) is 25.1 Å². The van der Waals surface area contributed by atoms with Gasteiger partial charge in [0.2, 0.25) is 5.91 Å². The standard InChI is InChI=1S/C18H21FN2O3/c1-2-24-18(23)16-5-3-4-8-21(16)17(22)9-12-11-20-15-10-13(19)6-7-14(12)15/h6-7,10-11,16,20H,2-5,8-9H2,1H3/t16-/m1/s1. The predicted molar refractivity (Wildman–Crippen MR) is 87.9 cm³/mol. The summed E-state index contributed by atoms with van der Waals surface area (Å²) >= 11 is 0. The molecule has 1 N–H and O–H groups in total. The molecule has 1 aliphatic rings. The zero-order valence-electron chi connectivity index (χ0n) is 13.7. The molecule has 128 valence electrons. The van der Waals surface area contributed by atoms with Gasteiger partial charge in [-0.2, -0.15) is 0 Å². The quantitative estimate of drug-likeness (QED) is 0.876. The van der Waals surface area contributed by atoms with Crippen LogP contribution in [0.1, 0.15) is 31.7 Å². The number of halogens is 1. The van der Waals surface area contributed by atoms with Gasteiger partial charge in [-0.25, -0.2) is 9.18 Å². The van der Waals surface area contributed by atoms with Crippen LogP contribution >= 0.6 is 0 Å². The van der Waals surface area contributed by atoms with Crippen molar-refractivity contribution < 1.29 is 18.7 Å². The number of nitrogens with one attached hydrogen (secondary N) is 1. The number of piperidine rings is 1. The molecule has 5 nitrogen and oxygen atoms in total. The summed E-state index contributed by atoms with van der Waals surface area (Å²) in [4.78, 5) is 29.4. The lowest BCUT2D eigenvalue weighted by molar-refractivity contribution is -0.156. The van der Waals surface area contributed by atoms with E-state index in [1.807, 2.05) is 0 Å². The second-order valence-corrected chi connectivity index (χ2v) is 6.03. The third-order valence-electron chi connectivity index (χ3n) is 4.45. The number of rotatable bonds is 4. The minimum Gasteiger partial charge on any atom is -0.464 e. The van der Waals surface area contributed by atoms with E-state index in [2.05, 4.69) is 4.98 Å². The summed E-state index contributed by atoms with van der Waals surface area (Å²) < 4.78 is 18.4. The van der Waals surface area contributed by atoms with Crippen molar-refractivity contribution in [2.45, 2.75) is 38.6 Å². The first kappa shape index (κ1) is 16.5. The Morgan fingerprint density at radius 2 is 2.21 bits per heavy atom. The molecule has 1 aliphatic heterocycles. The van der Waals surface area contributed by atoms with Crippen LogP contribution in [0.15, 0.2) is 24.4 Å². The van der Waals surface area contributed by atoms with Crippen LogP contribution in [0.5, 0.6) is 0 Å². The molecule has 0 saturated carbocycles. The molecule has 3 rings (SSSR count). The lowest BCUT2D eigenvalue weighted by Gasteiger charge is -2.34. The Balaban J connectivity index is 1.78. The molecular weight excluding hydrogens is 311 g/mol. The SMILES string of the molecule is CCOC(=O)[C@H]1CCCCN1C(=O)Cc1c[nH]c2cc(F)ccc12. The highest BCUT2D eigenvalue weighted by molar-refractivity contribution is 5.91. The highest BCUT2D eigenvalue weighted by atomic mass is 19.1. The average molecular weight is 332 g/mol. The van der Waals surface area contributed by atoms with Gasteiger partial charge in [0.25, 0.3) is 0 Å². The fourth-order valence-corrected chi connectivity index (χ4v) is 3.28. The Bertz CT molecular complexity index is 756. The first-order chi connectivity index (χ1) is 11.6. The van der Waals surface area contributed by atoms with E-state index in [0.717, 1.165) is 23.8 Å². The number of carbonyl (C=O) groups excluding carboxylic acids is 2. The fraction of sp³-hybridized carbons (Fsp3) is 0.444. The van der Waals surface area contributed by atoms with Crippen LogP contribution < -0.4 is 0 Å². The second kappa shape index (κ2) is 7.03. The maximum absolute atomic E-state index is 13.3. The predicted octanol–water partition coefficient (Wildman–Crippen LogP) is 2.79. The van der Waals surface area contributed by atoms with Crippen LogP contribution in [0.25, 0.3) is 10.9 Å². The Labute approximate surface area is 139 Å². The van der Waals surface area contributed by atoms with Crippen LogP contribution in [-0.4, -0.2) is 41.0 Å². The van der Waals surface area contributed by atoms with Crippen molar-refractivity contribution in [1.82, 2.24) is 9.88 Å². The monoisotopic (exact) mass is 332 g/mol. The lowest BCUT2D eigenvalue weighted by atomic mass is 10.0. The minimum atomic E-state index is -0.492. The van der Waals surface area contributed by atoms with Gasteiger partial charge in [-0.05, 0) is 49.9 Å². The number of H-pyrrole nitrogens is 1. The van der Waals surface area contributed by atoms with Crippen LogP contribution in [0, 0.1) is 5.82 Å². The number of likely N-dealkylation sites (tertiary alicyclic amines) is 1. The third-order valence-corrected chi connectivity index (χ3v) is 4.45. The van der Waals surface area contributed by atoms with Gasteiger partial charge >= 0.3 is 5.97 Å². The second-order valence-electron chi connectivity index (χ2n) is 6.03. The van der Waals surface area contributed by atoms with Crippen molar-refractivity contribution in [3.8, 4) is 0 Å². The molecule has 0 aliphatic carbocycles. The van der Waals surface area contributed by atoms with E-state index in [9.17, 15) is 14.0 Å². The van der Waals surface area contributed by atoms with Gasteiger partial charge in [-0.15, -0.1) is 0 Å². The molecule has 0 spiro atoms. The van der Waals surface area contributed by atoms with Gasteiger partial charge in [-0.3, -0.25) is 4.79 Å². The number of amides is 1. The van der Waals surface area contributed by atoms with Gasteiger partial charge in [-0.1, -0.05) is 0 Å². The van der Waals surface area contributed by atoms with Crippen LogP contribution in [-0.2, 0) is 20.7 Å². The van der Waals surface area contributed by atoms with E-state index in [4.69, 9.17) is 4.74 Å². The van der Waals surface area contributed by atoms with Crippen molar-refractivity contribution in [2.75, 3.05) is 13.2 Å². The van der Waals surface area contributed by atoms with Gasteiger partial charge in [0.15, 0.2) is 0 Å². The van der Waals surface area contributed by atoms with Gasteiger partial charge in [0.1, 0.15) is 11.9 Å².